The van der Waals surface area contributed by atoms with Crippen LogP contribution in [0.4, 0.5) is 11.4 Å². The number of hydrogen-bond acceptors (Lipinski definition) is 5. The molecule has 9 heteroatoms. The number of benzene rings is 1. The summed E-state index contributed by atoms with van der Waals surface area (Å²) >= 11 is 5.88. The Bertz CT molecular complexity index is 675. The lowest BCUT2D eigenvalue weighted by molar-refractivity contribution is -0.913. The van der Waals surface area contributed by atoms with Crippen molar-refractivity contribution >= 4 is 33.0 Å². The van der Waals surface area contributed by atoms with Crippen LogP contribution in [0.25, 0.3) is 0 Å². The lowest BCUT2D eigenvalue weighted by atomic mass is 10.2. The lowest BCUT2D eigenvalue weighted by Crippen LogP contribution is -2.56. The topological polar surface area (TPSA) is 86.9 Å². The van der Waals surface area contributed by atoms with Gasteiger partial charge in [-0.3, -0.25) is 10.1 Å². The van der Waals surface area contributed by atoms with Crippen molar-refractivity contribution in [1.29, 1.82) is 0 Å². The average molecular weight is 378 g/mol. The highest BCUT2D eigenvalue weighted by Gasteiger charge is 2.28. The zero-order valence-corrected chi connectivity index (χ0v) is 15.7. The minimum Gasteiger partial charge on any atom is -0.398 e. The van der Waals surface area contributed by atoms with Gasteiger partial charge in [-0.1, -0.05) is 11.6 Å². The van der Waals surface area contributed by atoms with Crippen LogP contribution in [-0.2, 0) is 10.0 Å². The van der Waals surface area contributed by atoms with Gasteiger partial charge in [-0.05, 0) is 25.2 Å². The molecule has 136 valence electrons. The summed E-state index contributed by atoms with van der Waals surface area (Å²) in [7, 11) is 0.429. The van der Waals surface area contributed by atoms with E-state index in [0.29, 0.717) is 16.6 Å². The molecule has 1 aromatic rings. The number of quaternary nitrogens is 1. The molecule has 1 aliphatic rings. The smallest absolute Gasteiger partial charge is 0.257 e. The van der Waals surface area contributed by atoms with Gasteiger partial charge in [0.25, 0.3) is 10.0 Å². The maximum absolute atomic E-state index is 12.3. The van der Waals surface area contributed by atoms with Gasteiger partial charge in [0, 0.05) is 19.5 Å². The van der Waals surface area contributed by atoms with E-state index in [9.17, 15) is 13.6 Å². The molecule has 1 aromatic carbocycles. The molecule has 1 fully saturated rings. The third kappa shape index (κ3) is 4.73. The lowest BCUT2D eigenvalue weighted by Gasteiger charge is -2.41. The molecular weight excluding hydrogens is 352 g/mol. The standard InChI is InChI=1S/C15H26ClN4O3S/c1-18-6-9-20(2,10-7-18)8-3-11-24(22,23)19(21)13-4-5-15(17)14(16)12-13/h4-5,12,21H,3,6-11,17H2,1-2H3/q+1. The summed E-state index contributed by atoms with van der Waals surface area (Å²) in [5, 5.41) is 10.2. The Balaban J connectivity index is 1.94. The van der Waals surface area contributed by atoms with E-state index in [2.05, 4.69) is 19.0 Å². The molecule has 1 heterocycles. The van der Waals surface area contributed by atoms with E-state index in [1.807, 2.05) is 0 Å². The average Bonchev–Trinajstić information content (AvgIpc) is 2.52. The fourth-order valence-electron chi connectivity index (χ4n) is 2.78. The van der Waals surface area contributed by atoms with Gasteiger partial charge in [0.05, 0.1) is 48.8 Å². The predicted octanol–water partition coefficient (Wildman–Crippen LogP) is 1.23. The zero-order valence-electron chi connectivity index (χ0n) is 14.2. The maximum Gasteiger partial charge on any atom is 0.257 e. The summed E-state index contributed by atoms with van der Waals surface area (Å²) < 4.78 is 25.8. The number of likely N-dealkylation sites (N-methyl/N-ethyl adjacent to an activating group) is 2. The number of nitrogens with zero attached hydrogens (tertiary/aromatic N) is 3. The number of hydrogen-bond donors (Lipinski definition) is 2. The number of rotatable bonds is 6. The third-order valence-corrected chi connectivity index (χ3v) is 6.48. The number of nitrogen functional groups attached to an aromatic ring is 1. The highest BCUT2D eigenvalue weighted by molar-refractivity contribution is 7.92. The predicted molar refractivity (Wildman–Crippen MR) is 96.8 cm³/mol. The van der Waals surface area contributed by atoms with Gasteiger partial charge in [-0.25, -0.2) is 8.42 Å². The van der Waals surface area contributed by atoms with Crippen molar-refractivity contribution in [3.63, 3.8) is 0 Å². The van der Waals surface area contributed by atoms with Crippen LogP contribution in [-0.4, -0.2) is 75.6 Å². The van der Waals surface area contributed by atoms with Gasteiger partial charge in [-0.15, -0.1) is 4.47 Å². The molecule has 0 atom stereocenters. The second-order valence-corrected chi connectivity index (χ2v) is 9.04. The van der Waals surface area contributed by atoms with Crippen LogP contribution in [0.15, 0.2) is 18.2 Å². The summed E-state index contributed by atoms with van der Waals surface area (Å²) in [6, 6.07) is 4.22. The van der Waals surface area contributed by atoms with Crippen LogP contribution >= 0.6 is 11.6 Å². The Kier molecular flexibility index (Phi) is 5.98. The Morgan fingerprint density at radius 2 is 2.00 bits per heavy atom. The SMILES string of the molecule is CN1CC[N+](C)(CCCS(=O)(=O)N(O)c2ccc(N)c(Cl)c2)CC1. The van der Waals surface area contributed by atoms with Gasteiger partial charge in [0.2, 0.25) is 0 Å². The quantitative estimate of drug-likeness (QED) is 0.442. The highest BCUT2D eigenvalue weighted by atomic mass is 35.5. The summed E-state index contributed by atoms with van der Waals surface area (Å²) in [6.07, 6.45) is 0.488. The normalized spacial score (nSPS) is 18.5. The zero-order chi connectivity index (χ0) is 18.0. The molecule has 0 spiro atoms. The molecule has 0 unspecified atom stereocenters. The second-order valence-electron chi connectivity index (χ2n) is 6.71. The summed E-state index contributed by atoms with van der Waals surface area (Å²) in [5.41, 5.74) is 6.02. The van der Waals surface area contributed by atoms with E-state index in [1.54, 1.807) is 0 Å². The second kappa shape index (κ2) is 7.45. The van der Waals surface area contributed by atoms with Gasteiger partial charge < -0.3 is 10.2 Å². The number of piperazine rings is 1. The van der Waals surface area contributed by atoms with E-state index in [-0.39, 0.29) is 16.5 Å². The molecular formula is C15H26ClN4O3S+. The number of sulfonamides is 1. The minimum atomic E-state index is -3.81. The summed E-state index contributed by atoms with van der Waals surface area (Å²) in [6.45, 7) is 4.81. The molecule has 1 saturated heterocycles. The van der Waals surface area contributed by atoms with Crippen LogP contribution < -0.4 is 10.2 Å². The monoisotopic (exact) mass is 377 g/mol. The molecule has 0 aromatic heterocycles. The molecule has 0 radical (unpaired) electrons. The fraction of sp³-hybridized carbons (Fsp3) is 0.600. The summed E-state index contributed by atoms with van der Waals surface area (Å²) in [5.74, 6) is -0.116. The van der Waals surface area contributed by atoms with Crippen LogP contribution in [0, 0.1) is 0 Å². The molecule has 7 nitrogen and oxygen atoms in total. The minimum absolute atomic E-state index is 0.0918. The van der Waals surface area contributed by atoms with Crippen molar-refractivity contribution in [2.75, 3.05) is 62.8 Å². The number of anilines is 2. The first-order chi connectivity index (χ1) is 11.1. The molecule has 0 amide bonds. The molecule has 0 saturated carbocycles. The largest absolute Gasteiger partial charge is 0.398 e. The van der Waals surface area contributed by atoms with Gasteiger partial charge >= 0.3 is 0 Å². The highest BCUT2D eigenvalue weighted by Crippen LogP contribution is 2.26. The molecule has 0 aliphatic carbocycles. The van der Waals surface area contributed by atoms with Crippen molar-refractivity contribution in [3.05, 3.63) is 23.2 Å². The Morgan fingerprint density at radius 1 is 1.38 bits per heavy atom. The summed E-state index contributed by atoms with van der Waals surface area (Å²) in [4.78, 5) is 2.27. The fourth-order valence-corrected chi connectivity index (χ4v) is 4.06. The van der Waals surface area contributed by atoms with E-state index >= 15 is 0 Å². The Hall–Kier alpha value is -1.06. The van der Waals surface area contributed by atoms with Crippen molar-refractivity contribution < 1.29 is 18.1 Å². The Labute approximate surface area is 148 Å². The van der Waals surface area contributed by atoms with Crippen LogP contribution in [0.3, 0.4) is 0 Å². The number of halogens is 1. The van der Waals surface area contributed by atoms with E-state index in [0.717, 1.165) is 37.2 Å². The van der Waals surface area contributed by atoms with Crippen molar-refractivity contribution in [2.24, 2.45) is 0 Å². The van der Waals surface area contributed by atoms with Crippen molar-refractivity contribution in [2.45, 2.75) is 6.42 Å². The Morgan fingerprint density at radius 3 is 2.58 bits per heavy atom. The van der Waals surface area contributed by atoms with Gasteiger partial charge in [-0.2, -0.15) is 0 Å². The van der Waals surface area contributed by atoms with Gasteiger partial charge in [0.1, 0.15) is 0 Å². The van der Waals surface area contributed by atoms with Gasteiger partial charge in [0.15, 0.2) is 0 Å². The third-order valence-electron chi connectivity index (χ3n) is 4.61. The van der Waals surface area contributed by atoms with Crippen molar-refractivity contribution in [3.8, 4) is 0 Å². The van der Waals surface area contributed by atoms with Crippen LogP contribution in [0.1, 0.15) is 6.42 Å². The first kappa shape index (κ1) is 19.3. The number of nitrogens with two attached hydrogens (primary N) is 1. The molecule has 2 rings (SSSR count). The van der Waals surface area contributed by atoms with E-state index in [4.69, 9.17) is 17.3 Å². The molecule has 24 heavy (non-hydrogen) atoms. The maximum atomic E-state index is 12.3. The molecule has 0 bridgehead atoms. The van der Waals surface area contributed by atoms with Crippen molar-refractivity contribution in [1.82, 2.24) is 4.90 Å². The first-order valence-electron chi connectivity index (χ1n) is 7.92. The van der Waals surface area contributed by atoms with Crippen LogP contribution in [0.5, 0.6) is 0 Å². The van der Waals surface area contributed by atoms with Crippen LogP contribution in [0.2, 0.25) is 5.02 Å². The first-order valence-corrected chi connectivity index (χ1v) is 9.91. The molecule has 1 aliphatic heterocycles. The van der Waals surface area contributed by atoms with E-state index < -0.39 is 10.0 Å². The molecule has 3 N–H and O–H groups in total. The van der Waals surface area contributed by atoms with E-state index in [1.165, 1.54) is 18.2 Å².